The Kier molecular flexibility index (Phi) is 4.66. The Morgan fingerprint density at radius 2 is 2.13 bits per heavy atom. The Hall–Kier alpha value is -2.28. The van der Waals surface area contributed by atoms with Gasteiger partial charge in [-0.05, 0) is 12.1 Å². The van der Waals surface area contributed by atoms with E-state index in [1.165, 1.54) is 0 Å². The van der Waals surface area contributed by atoms with Crippen LogP contribution in [0.15, 0.2) is 24.3 Å². The minimum atomic E-state index is -0.177. The number of hydrogen-bond donors (Lipinski definition) is 1. The molecule has 1 aromatic rings. The van der Waals surface area contributed by atoms with Crippen molar-refractivity contribution in [3.63, 3.8) is 0 Å². The molecule has 1 N–H and O–H groups in total. The lowest BCUT2D eigenvalue weighted by Gasteiger charge is -2.28. The topological polar surface area (TPSA) is 71.1 Å². The lowest BCUT2D eigenvalue weighted by atomic mass is 10.2. The van der Waals surface area contributed by atoms with Gasteiger partial charge in [0.2, 0.25) is 5.91 Å². The van der Waals surface area contributed by atoms with Crippen LogP contribution in [-0.4, -0.2) is 62.8 Å². The molecule has 0 aliphatic carbocycles. The quantitative estimate of drug-likeness (QED) is 0.896. The highest BCUT2D eigenvalue weighted by Crippen LogP contribution is 2.25. The Labute approximate surface area is 135 Å². The highest BCUT2D eigenvalue weighted by atomic mass is 16.5. The lowest BCUT2D eigenvalue weighted by Crippen LogP contribution is -2.49. The van der Waals surface area contributed by atoms with E-state index in [1.807, 2.05) is 24.3 Å². The standard InChI is InChI=1S/C16H21N3O4/c1-22-14-4-2-3-13(10-14)19-11-12(9-15(19)20)17-16(21)18-5-7-23-8-6-18/h2-4,10,12H,5-9,11H2,1H3,(H,17,21). The van der Waals surface area contributed by atoms with Gasteiger partial charge in [-0.15, -0.1) is 0 Å². The average molecular weight is 319 g/mol. The highest BCUT2D eigenvalue weighted by Gasteiger charge is 2.32. The van der Waals surface area contributed by atoms with E-state index in [4.69, 9.17) is 9.47 Å². The molecule has 2 fully saturated rings. The van der Waals surface area contributed by atoms with E-state index in [0.717, 1.165) is 5.69 Å². The largest absolute Gasteiger partial charge is 0.497 e. The third-order valence-electron chi connectivity index (χ3n) is 4.12. The normalized spacial score (nSPS) is 21.4. The van der Waals surface area contributed by atoms with Gasteiger partial charge in [0, 0.05) is 37.8 Å². The van der Waals surface area contributed by atoms with Crippen LogP contribution >= 0.6 is 0 Å². The molecular formula is C16H21N3O4. The van der Waals surface area contributed by atoms with Crippen molar-refractivity contribution in [1.82, 2.24) is 10.2 Å². The molecule has 1 aromatic carbocycles. The van der Waals surface area contributed by atoms with E-state index in [0.29, 0.717) is 45.0 Å². The van der Waals surface area contributed by atoms with Gasteiger partial charge in [0.05, 0.1) is 26.4 Å². The number of anilines is 1. The predicted molar refractivity (Wildman–Crippen MR) is 84.7 cm³/mol. The second kappa shape index (κ2) is 6.87. The van der Waals surface area contributed by atoms with Crippen molar-refractivity contribution in [3.05, 3.63) is 24.3 Å². The zero-order valence-electron chi connectivity index (χ0n) is 13.2. The number of methoxy groups -OCH3 is 1. The number of amides is 3. The molecule has 7 heteroatoms. The van der Waals surface area contributed by atoms with Crippen LogP contribution in [0.5, 0.6) is 5.75 Å². The van der Waals surface area contributed by atoms with Crippen molar-refractivity contribution >= 4 is 17.6 Å². The van der Waals surface area contributed by atoms with Crippen LogP contribution < -0.4 is 15.0 Å². The number of nitrogens with zero attached hydrogens (tertiary/aromatic N) is 2. The van der Waals surface area contributed by atoms with Gasteiger partial charge in [-0.25, -0.2) is 4.79 Å². The first-order valence-corrected chi connectivity index (χ1v) is 7.75. The first-order valence-electron chi connectivity index (χ1n) is 7.75. The van der Waals surface area contributed by atoms with Gasteiger partial charge in [-0.1, -0.05) is 6.07 Å². The molecule has 3 rings (SSSR count). The third-order valence-corrected chi connectivity index (χ3v) is 4.12. The summed E-state index contributed by atoms with van der Waals surface area (Å²) in [5.41, 5.74) is 0.789. The average Bonchev–Trinajstić information content (AvgIpc) is 2.96. The maximum absolute atomic E-state index is 12.2. The van der Waals surface area contributed by atoms with Crippen LogP contribution in [0.2, 0.25) is 0 Å². The van der Waals surface area contributed by atoms with E-state index >= 15 is 0 Å². The molecule has 2 heterocycles. The summed E-state index contributed by atoms with van der Waals surface area (Å²) in [6.07, 6.45) is 0.313. The van der Waals surface area contributed by atoms with Gasteiger partial charge in [0.15, 0.2) is 0 Å². The molecule has 124 valence electrons. The number of benzene rings is 1. The number of morpholine rings is 1. The summed E-state index contributed by atoms with van der Waals surface area (Å²) in [7, 11) is 1.59. The van der Waals surface area contributed by atoms with Crippen molar-refractivity contribution < 1.29 is 19.1 Å². The van der Waals surface area contributed by atoms with Crippen molar-refractivity contribution in [2.24, 2.45) is 0 Å². The lowest BCUT2D eigenvalue weighted by molar-refractivity contribution is -0.117. The van der Waals surface area contributed by atoms with Crippen molar-refractivity contribution in [1.29, 1.82) is 0 Å². The minimum absolute atomic E-state index is 0.00512. The minimum Gasteiger partial charge on any atom is -0.497 e. The number of hydrogen-bond acceptors (Lipinski definition) is 4. The monoisotopic (exact) mass is 319 g/mol. The predicted octanol–water partition coefficient (Wildman–Crippen LogP) is 0.842. The Balaban J connectivity index is 1.61. The first kappa shape index (κ1) is 15.6. The Morgan fingerprint density at radius 3 is 2.87 bits per heavy atom. The summed E-state index contributed by atoms with van der Waals surface area (Å²) < 4.78 is 10.4. The fourth-order valence-corrected chi connectivity index (χ4v) is 2.86. The molecule has 0 spiro atoms. The summed E-state index contributed by atoms with van der Waals surface area (Å²) in [5.74, 6) is 0.710. The molecule has 23 heavy (non-hydrogen) atoms. The molecule has 2 aliphatic heterocycles. The summed E-state index contributed by atoms with van der Waals surface area (Å²) in [5, 5.41) is 2.95. The maximum atomic E-state index is 12.2. The van der Waals surface area contributed by atoms with Crippen molar-refractivity contribution in [3.8, 4) is 5.75 Å². The van der Waals surface area contributed by atoms with Gasteiger partial charge in [0.1, 0.15) is 5.75 Å². The Bertz CT molecular complexity index is 586. The molecule has 1 atom stereocenters. The molecule has 2 saturated heterocycles. The molecule has 3 amide bonds. The number of ether oxygens (including phenoxy) is 2. The number of rotatable bonds is 3. The summed E-state index contributed by atoms with van der Waals surface area (Å²) in [6, 6.07) is 7.07. The SMILES string of the molecule is COc1cccc(N2CC(NC(=O)N3CCOCC3)CC2=O)c1. The van der Waals surface area contributed by atoms with Gasteiger partial charge in [-0.3, -0.25) is 4.79 Å². The molecule has 1 unspecified atom stereocenters. The maximum Gasteiger partial charge on any atom is 0.317 e. The summed E-state index contributed by atoms with van der Waals surface area (Å²) >= 11 is 0. The second-order valence-corrected chi connectivity index (χ2v) is 5.66. The molecule has 0 radical (unpaired) electrons. The van der Waals surface area contributed by atoms with E-state index in [1.54, 1.807) is 16.9 Å². The van der Waals surface area contributed by atoms with Crippen LogP contribution in [0.1, 0.15) is 6.42 Å². The Morgan fingerprint density at radius 1 is 1.35 bits per heavy atom. The van der Waals surface area contributed by atoms with E-state index in [9.17, 15) is 9.59 Å². The third kappa shape index (κ3) is 3.56. The molecular weight excluding hydrogens is 298 g/mol. The van der Waals surface area contributed by atoms with Gasteiger partial charge >= 0.3 is 6.03 Å². The zero-order valence-corrected chi connectivity index (χ0v) is 13.2. The van der Waals surface area contributed by atoms with Crippen LogP contribution in [0.4, 0.5) is 10.5 Å². The van der Waals surface area contributed by atoms with E-state index < -0.39 is 0 Å². The molecule has 0 aromatic heterocycles. The molecule has 7 nitrogen and oxygen atoms in total. The van der Waals surface area contributed by atoms with Gasteiger partial charge in [-0.2, -0.15) is 0 Å². The van der Waals surface area contributed by atoms with Crippen molar-refractivity contribution in [2.45, 2.75) is 12.5 Å². The fourth-order valence-electron chi connectivity index (χ4n) is 2.86. The van der Waals surface area contributed by atoms with E-state index in [-0.39, 0.29) is 18.0 Å². The molecule has 0 saturated carbocycles. The van der Waals surface area contributed by atoms with Crippen LogP contribution in [0.25, 0.3) is 0 Å². The smallest absolute Gasteiger partial charge is 0.317 e. The number of carbonyl (C=O) groups is 2. The zero-order chi connectivity index (χ0) is 16.2. The second-order valence-electron chi connectivity index (χ2n) is 5.66. The number of nitrogens with one attached hydrogen (secondary N) is 1. The summed E-state index contributed by atoms with van der Waals surface area (Å²) in [4.78, 5) is 27.9. The van der Waals surface area contributed by atoms with Crippen LogP contribution in [0.3, 0.4) is 0 Å². The van der Waals surface area contributed by atoms with Crippen LogP contribution in [0, 0.1) is 0 Å². The van der Waals surface area contributed by atoms with Crippen LogP contribution in [-0.2, 0) is 9.53 Å². The van der Waals surface area contributed by atoms with E-state index in [2.05, 4.69) is 5.32 Å². The fraction of sp³-hybridized carbons (Fsp3) is 0.500. The van der Waals surface area contributed by atoms with Crippen molar-refractivity contribution in [2.75, 3.05) is 44.9 Å². The number of urea groups is 1. The van der Waals surface area contributed by atoms with Gasteiger partial charge < -0.3 is 24.6 Å². The highest BCUT2D eigenvalue weighted by molar-refractivity contribution is 5.97. The number of carbonyl (C=O) groups excluding carboxylic acids is 2. The molecule has 2 aliphatic rings. The van der Waals surface area contributed by atoms with Gasteiger partial charge in [0.25, 0.3) is 0 Å². The molecule has 0 bridgehead atoms. The summed E-state index contributed by atoms with van der Waals surface area (Å²) in [6.45, 7) is 2.78. The first-order chi connectivity index (χ1) is 11.2.